The van der Waals surface area contributed by atoms with Gasteiger partial charge in [0.1, 0.15) is 0 Å². The first kappa shape index (κ1) is 14.3. The molecule has 0 N–H and O–H groups in total. The number of hydrogen-bond acceptors (Lipinski definition) is 0. The Morgan fingerprint density at radius 3 is 1.08 bits per heavy atom. The zero-order valence-corrected chi connectivity index (χ0v) is 15.3. The Morgan fingerprint density at radius 2 is 1.08 bits per heavy atom. The summed E-state index contributed by atoms with van der Waals surface area (Å²) in [5.74, 6) is 4.76. The standard InChI is InChI=1S/C9H25ClGeSi2/c1-11(2,10)9(12(3,4)5)13(6,7)8/h9H,1-8H3. The van der Waals surface area contributed by atoms with Crippen molar-refractivity contribution in [2.75, 3.05) is 0 Å². The van der Waals surface area contributed by atoms with E-state index in [1.807, 2.05) is 0 Å². The third-order valence-corrected chi connectivity index (χ3v) is 35.4. The molecule has 13 heavy (non-hydrogen) atoms. The Hall–Kier alpha value is 1.27. The molecule has 0 rings (SSSR count). The van der Waals surface area contributed by atoms with Gasteiger partial charge in [0.2, 0.25) is 0 Å². The number of rotatable bonds is 3. The van der Waals surface area contributed by atoms with E-state index in [0.717, 1.165) is 4.00 Å². The van der Waals surface area contributed by atoms with Crippen molar-refractivity contribution in [2.45, 2.75) is 54.8 Å². The van der Waals surface area contributed by atoms with Crippen LogP contribution in [-0.2, 0) is 0 Å². The van der Waals surface area contributed by atoms with Gasteiger partial charge in [-0.2, -0.15) is 0 Å². The van der Waals surface area contributed by atoms with Crippen LogP contribution in [0.25, 0.3) is 0 Å². The fourth-order valence-corrected chi connectivity index (χ4v) is 54.0. The maximum absolute atomic E-state index is 6.73. The van der Waals surface area contributed by atoms with E-state index in [-0.39, 0.29) is 0 Å². The van der Waals surface area contributed by atoms with E-state index in [4.69, 9.17) is 10.0 Å². The van der Waals surface area contributed by atoms with Crippen molar-refractivity contribution in [2.24, 2.45) is 0 Å². The monoisotopic (exact) mass is 298 g/mol. The van der Waals surface area contributed by atoms with Crippen LogP contribution in [0.3, 0.4) is 0 Å². The number of hydrogen-bond donors (Lipinski definition) is 0. The first-order valence-electron chi connectivity index (χ1n) is 5.06. The van der Waals surface area contributed by atoms with Crippen LogP contribution < -0.4 is 0 Å². The SMILES string of the molecule is C[Si](C)(C)[CH]([Si](C)(C)C)[Ge]([CH3])([CH3])[Cl]. The van der Waals surface area contributed by atoms with Crippen molar-refractivity contribution in [3.8, 4) is 0 Å². The molecule has 0 saturated carbocycles. The van der Waals surface area contributed by atoms with E-state index in [1.165, 1.54) is 0 Å². The zero-order valence-electron chi connectivity index (χ0n) is 10.5. The molecule has 0 bridgehead atoms. The summed E-state index contributed by atoms with van der Waals surface area (Å²) < 4.78 is 0.960. The second-order valence-electron chi connectivity index (χ2n) is 6.73. The van der Waals surface area contributed by atoms with Crippen LogP contribution in [-0.4, -0.2) is 28.5 Å². The molecule has 0 aromatic heterocycles. The van der Waals surface area contributed by atoms with Crippen molar-refractivity contribution in [1.82, 2.24) is 0 Å². The average molecular weight is 298 g/mol. The first-order chi connectivity index (χ1) is 5.37. The van der Waals surface area contributed by atoms with E-state index >= 15 is 0 Å². The summed E-state index contributed by atoms with van der Waals surface area (Å²) in [6, 6.07) is 0. The molecule has 0 aliphatic heterocycles. The Labute approximate surface area is 93.0 Å². The second-order valence-corrected chi connectivity index (χ2v) is 33.2. The van der Waals surface area contributed by atoms with Gasteiger partial charge in [-0.05, 0) is 0 Å². The fraction of sp³-hybridized carbons (Fsp3) is 1.00. The molecule has 0 unspecified atom stereocenters. The topological polar surface area (TPSA) is 0 Å². The third-order valence-electron chi connectivity index (χ3n) is 2.42. The second kappa shape index (κ2) is 4.03. The van der Waals surface area contributed by atoms with Crippen molar-refractivity contribution < 1.29 is 0 Å². The molecule has 0 spiro atoms. The summed E-state index contributed by atoms with van der Waals surface area (Å²) >= 11 is -1.97. The molecule has 0 aromatic rings. The summed E-state index contributed by atoms with van der Waals surface area (Å²) in [4.78, 5) is 0. The molecular weight excluding hydrogens is 272 g/mol. The van der Waals surface area contributed by atoms with E-state index in [0.29, 0.717) is 0 Å². The van der Waals surface area contributed by atoms with Crippen molar-refractivity contribution in [3.05, 3.63) is 0 Å². The molecule has 0 saturated heterocycles. The van der Waals surface area contributed by atoms with Gasteiger partial charge in [0, 0.05) is 0 Å². The van der Waals surface area contributed by atoms with Gasteiger partial charge in [0.05, 0.1) is 0 Å². The van der Waals surface area contributed by atoms with Gasteiger partial charge in [0.15, 0.2) is 0 Å². The molecule has 4 heteroatoms. The summed E-state index contributed by atoms with van der Waals surface area (Å²) in [7, 11) is 4.64. The van der Waals surface area contributed by atoms with Gasteiger partial charge in [0.25, 0.3) is 0 Å². The van der Waals surface area contributed by atoms with Crippen LogP contribution in [0.2, 0.25) is 54.8 Å². The average Bonchev–Trinajstić information content (AvgIpc) is 1.44. The van der Waals surface area contributed by atoms with Gasteiger partial charge >= 0.3 is 93.3 Å². The van der Waals surface area contributed by atoms with Gasteiger partial charge < -0.3 is 0 Å². The summed E-state index contributed by atoms with van der Waals surface area (Å²) in [6.07, 6.45) is 0. The minimum atomic E-state index is -1.97. The maximum atomic E-state index is 6.73. The third kappa shape index (κ3) is 4.54. The normalized spacial score (nSPS) is 15.2. The Bertz CT molecular complexity index is 140. The molecule has 80 valence electrons. The summed E-state index contributed by atoms with van der Waals surface area (Å²) in [6.45, 7) is 14.9. The predicted molar refractivity (Wildman–Crippen MR) is 73.8 cm³/mol. The Kier molecular flexibility index (Phi) is 4.42. The van der Waals surface area contributed by atoms with Crippen LogP contribution in [0, 0.1) is 0 Å². The molecule has 0 aliphatic carbocycles. The van der Waals surface area contributed by atoms with Crippen LogP contribution in [0.1, 0.15) is 0 Å². The van der Waals surface area contributed by atoms with Crippen LogP contribution >= 0.6 is 10.0 Å². The van der Waals surface area contributed by atoms with E-state index < -0.39 is 28.5 Å². The Balaban J connectivity index is 5.02. The molecule has 0 amide bonds. The molecule has 0 heterocycles. The molecule has 0 fully saturated rings. The van der Waals surface area contributed by atoms with E-state index in [2.05, 4.69) is 50.8 Å². The fourth-order valence-electron chi connectivity index (χ4n) is 3.36. The van der Waals surface area contributed by atoms with Gasteiger partial charge in [-0.15, -0.1) is 0 Å². The number of halogens is 1. The molecule has 0 aromatic carbocycles. The van der Waals surface area contributed by atoms with Crippen molar-refractivity contribution in [1.29, 1.82) is 0 Å². The minimum absolute atomic E-state index is 0.960. The van der Waals surface area contributed by atoms with E-state index in [9.17, 15) is 0 Å². The van der Waals surface area contributed by atoms with Gasteiger partial charge in [-0.25, -0.2) is 0 Å². The molecule has 0 radical (unpaired) electrons. The van der Waals surface area contributed by atoms with Crippen LogP contribution in [0.5, 0.6) is 0 Å². The zero-order chi connectivity index (χ0) is 11.1. The van der Waals surface area contributed by atoms with Crippen molar-refractivity contribution in [3.63, 3.8) is 0 Å². The quantitative estimate of drug-likeness (QED) is 0.670. The molecular formula is C9H25ClGeSi2. The van der Waals surface area contributed by atoms with Crippen LogP contribution in [0.4, 0.5) is 0 Å². The van der Waals surface area contributed by atoms with Gasteiger partial charge in [-0.1, -0.05) is 0 Å². The molecule has 0 atom stereocenters. The molecule has 0 aliphatic rings. The molecule has 0 nitrogen and oxygen atoms in total. The Morgan fingerprint density at radius 1 is 0.846 bits per heavy atom. The first-order valence-corrected chi connectivity index (χ1v) is 20.4. The summed E-state index contributed by atoms with van der Waals surface area (Å²) in [5.41, 5.74) is 0. The van der Waals surface area contributed by atoms with E-state index in [1.54, 1.807) is 0 Å². The van der Waals surface area contributed by atoms with Crippen LogP contribution in [0.15, 0.2) is 0 Å². The predicted octanol–water partition coefficient (Wildman–Crippen LogP) is 4.56. The van der Waals surface area contributed by atoms with Crippen molar-refractivity contribution >= 4 is 38.5 Å². The summed E-state index contributed by atoms with van der Waals surface area (Å²) in [5, 5.41) is 0. The van der Waals surface area contributed by atoms with Gasteiger partial charge in [-0.3, -0.25) is 0 Å².